The molecular formula is C10H19N3. The summed E-state index contributed by atoms with van der Waals surface area (Å²) in [5.74, 6) is 0. The Morgan fingerprint density at radius 2 is 2.08 bits per heavy atom. The van der Waals surface area contributed by atoms with Crippen LogP contribution >= 0.6 is 0 Å². The van der Waals surface area contributed by atoms with Crippen LogP contribution in [0, 0.1) is 5.41 Å². The van der Waals surface area contributed by atoms with Crippen molar-refractivity contribution in [3.8, 4) is 0 Å². The molecule has 1 heterocycles. The lowest BCUT2D eigenvalue weighted by atomic mass is 9.85. The lowest BCUT2D eigenvalue weighted by molar-refractivity contribution is 0.277. The van der Waals surface area contributed by atoms with E-state index in [1.54, 1.807) is 0 Å². The van der Waals surface area contributed by atoms with E-state index in [1.807, 2.05) is 26.6 Å². The number of nitrogens with zero attached hydrogens (tertiary/aromatic N) is 2. The van der Waals surface area contributed by atoms with Crippen LogP contribution in [0.4, 0.5) is 0 Å². The first kappa shape index (κ1) is 10.3. The Morgan fingerprint density at radius 1 is 1.46 bits per heavy atom. The molecule has 1 aromatic rings. The van der Waals surface area contributed by atoms with Gasteiger partial charge < -0.3 is 9.88 Å². The van der Waals surface area contributed by atoms with Crippen molar-refractivity contribution in [2.24, 2.45) is 12.5 Å². The van der Waals surface area contributed by atoms with E-state index in [4.69, 9.17) is 0 Å². The summed E-state index contributed by atoms with van der Waals surface area (Å²) in [6.45, 7) is 6.67. The van der Waals surface area contributed by atoms with Crippen molar-refractivity contribution in [3.63, 3.8) is 0 Å². The molecule has 0 amide bonds. The van der Waals surface area contributed by atoms with Crippen LogP contribution in [-0.2, 0) is 7.05 Å². The molecule has 1 unspecified atom stereocenters. The zero-order valence-electron chi connectivity index (χ0n) is 9.13. The van der Waals surface area contributed by atoms with E-state index in [0.29, 0.717) is 6.04 Å². The number of hydrogen-bond acceptors (Lipinski definition) is 2. The van der Waals surface area contributed by atoms with Crippen LogP contribution in [0.3, 0.4) is 0 Å². The molecule has 0 radical (unpaired) electrons. The summed E-state index contributed by atoms with van der Waals surface area (Å²) >= 11 is 0. The van der Waals surface area contributed by atoms with Crippen LogP contribution in [0.1, 0.15) is 32.5 Å². The molecule has 1 atom stereocenters. The molecule has 0 fully saturated rings. The van der Waals surface area contributed by atoms with Gasteiger partial charge in [0.1, 0.15) is 0 Å². The second-order valence-electron chi connectivity index (χ2n) is 4.52. The predicted molar refractivity (Wildman–Crippen MR) is 54.5 cm³/mol. The van der Waals surface area contributed by atoms with Crippen molar-refractivity contribution in [2.45, 2.75) is 26.8 Å². The van der Waals surface area contributed by atoms with Crippen LogP contribution in [0.15, 0.2) is 12.5 Å². The molecule has 0 saturated carbocycles. The van der Waals surface area contributed by atoms with Crippen LogP contribution in [-0.4, -0.2) is 16.6 Å². The number of rotatable bonds is 2. The van der Waals surface area contributed by atoms with E-state index < -0.39 is 0 Å². The topological polar surface area (TPSA) is 29.9 Å². The fourth-order valence-electron chi connectivity index (χ4n) is 1.67. The van der Waals surface area contributed by atoms with Crippen molar-refractivity contribution in [2.75, 3.05) is 7.05 Å². The highest BCUT2D eigenvalue weighted by Gasteiger charge is 2.26. The molecule has 1 N–H and O–H groups in total. The third kappa shape index (κ3) is 2.10. The van der Waals surface area contributed by atoms with Crippen molar-refractivity contribution in [3.05, 3.63) is 18.2 Å². The maximum atomic E-state index is 4.13. The van der Waals surface area contributed by atoms with Crippen molar-refractivity contribution >= 4 is 0 Å². The summed E-state index contributed by atoms with van der Waals surface area (Å²) in [7, 11) is 4.02. The Morgan fingerprint density at radius 3 is 2.38 bits per heavy atom. The minimum absolute atomic E-state index is 0.211. The van der Waals surface area contributed by atoms with Crippen LogP contribution in [0.2, 0.25) is 0 Å². The largest absolute Gasteiger partial charge is 0.336 e. The summed E-state index contributed by atoms with van der Waals surface area (Å²) < 4.78 is 2.06. The van der Waals surface area contributed by atoms with Crippen LogP contribution < -0.4 is 5.32 Å². The summed E-state index contributed by atoms with van der Waals surface area (Å²) in [5.41, 5.74) is 1.44. The Labute approximate surface area is 80.2 Å². The van der Waals surface area contributed by atoms with Crippen LogP contribution in [0.5, 0.6) is 0 Å². The van der Waals surface area contributed by atoms with Crippen molar-refractivity contribution < 1.29 is 0 Å². The molecule has 0 bridgehead atoms. The van der Waals surface area contributed by atoms with E-state index in [2.05, 4.69) is 35.6 Å². The molecule has 74 valence electrons. The standard InChI is InChI=1S/C10H19N3/c1-10(2,3)9(11-4)8-6-12-7-13(8)5/h6-7,9,11H,1-5H3. The normalized spacial score (nSPS) is 14.5. The van der Waals surface area contributed by atoms with Gasteiger partial charge in [0.25, 0.3) is 0 Å². The van der Waals surface area contributed by atoms with Gasteiger partial charge in [0, 0.05) is 13.2 Å². The molecule has 0 aliphatic carbocycles. The molecule has 3 nitrogen and oxygen atoms in total. The summed E-state index contributed by atoms with van der Waals surface area (Å²) in [6.07, 6.45) is 3.76. The van der Waals surface area contributed by atoms with Gasteiger partial charge in [-0.15, -0.1) is 0 Å². The SMILES string of the molecule is CNC(c1cncn1C)C(C)(C)C. The molecule has 1 rings (SSSR count). The number of imidazole rings is 1. The first-order chi connectivity index (χ1) is 5.96. The molecule has 0 aliphatic rings. The van der Waals surface area contributed by atoms with Gasteiger partial charge in [-0.3, -0.25) is 0 Å². The maximum absolute atomic E-state index is 4.13. The highest BCUT2D eigenvalue weighted by atomic mass is 15.1. The number of nitrogens with one attached hydrogen (secondary N) is 1. The number of aromatic nitrogens is 2. The average Bonchev–Trinajstić information content (AvgIpc) is 2.35. The molecular weight excluding hydrogens is 162 g/mol. The van der Waals surface area contributed by atoms with E-state index in [1.165, 1.54) is 5.69 Å². The van der Waals surface area contributed by atoms with E-state index in [9.17, 15) is 0 Å². The highest BCUT2D eigenvalue weighted by molar-refractivity contribution is 5.08. The summed E-state index contributed by atoms with van der Waals surface area (Å²) in [5, 5.41) is 3.32. The minimum Gasteiger partial charge on any atom is -0.336 e. The fraction of sp³-hybridized carbons (Fsp3) is 0.700. The molecule has 3 heteroatoms. The fourth-order valence-corrected chi connectivity index (χ4v) is 1.67. The average molecular weight is 181 g/mol. The highest BCUT2D eigenvalue weighted by Crippen LogP contribution is 2.31. The molecule has 0 saturated heterocycles. The second-order valence-corrected chi connectivity index (χ2v) is 4.52. The Balaban J connectivity index is 2.98. The van der Waals surface area contributed by atoms with Gasteiger partial charge in [-0.25, -0.2) is 4.98 Å². The van der Waals surface area contributed by atoms with Crippen LogP contribution in [0.25, 0.3) is 0 Å². The van der Waals surface area contributed by atoms with Gasteiger partial charge in [-0.1, -0.05) is 20.8 Å². The summed E-state index contributed by atoms with van der Waals surface area (Å²) in [4.78, 5) is 4.13. The van der Waals surface area contributed by atoms with Gasteiger partial charge in [-0.05, 0) is 12.5 Å². The lowest BCUT2D eigenvalue weighted by Crippen LogP contribution is -2.31. The predicted octanol–water partition coefficient (Wildman–Crippen LogP) is 1.73. The molecule has 1 aromatic heterocycles. The molecule has 0 spiro atoms. The third-order valence-electron chi connectivity index (χ3n) is 2.30. The Bertz CT molecular complexity index is 270. The van der Waals surface area contributed by atoms with Gasteiger partial charge >= 0.3 is 0 Å². The number of aryl methyl sites for hydroxylation is 1. The molecule has 13 heavy (non-hydrogen) atoms. The maximum Gasteiger partial charge on any atom is 0.0946 e. The van der Waals surface area contributed by atoms with E-state index in [-0.39, 0.29) is 5.41 Å². The van der Waals surface area contributed by atoms with Crippen molar-refractivity contribution in [1.82, 2.24) is 14.9 Å². The van der Waals surface area contributed by atoms with E-state index >= 15 is 0 Å². The number of hydrogen-bond donors (Lipinski definition) is 1. The first-order valence-corrected chi connectivity index (χ1v) is 4.60. The molecule has 0 aliphatic heterocycles. The quantitative estimate of drug-likeness (QED) is 0.753. The van der Waals surface area contributed by atoms with Gasteiger partial charge in [-0.2, -0.15) is 0 Å². The third-order valence-corrected chi connectivity index (χ3v) is 2.30. The summed E-state index contributed by atoms with van der Waals surface area (Å²) in [6, 6.07) is 0.347. The van der Waals surface area contributed by atoms with Crippen molar-refractivity contribution in [1.29, 1.82) is 0 Å². The zero-order chi connectivity index (χ0) is 10.1. The first-order valence-electron chi connectivity index (χ1n) is 4.60. The Kier molecular flexibility index (Phi) is 2.76. The van der Waals surface area contributed by atoms with Gasteiger partial charge in [0.05, 0.1) is 18.1 Å². The minimum atomic E-state index is 0.211. The lowest BCUT2D eigenvalue weighted by Gasteiger charge is -2.30. The molecule has 0 aromatic carbocycles. The second kappa shape index (κ2) is 3.50. The smallest absolute Gasteiger partial charge is 0.0946 e. The van der Waals surface area contributed by atoms with E-state index in [0.717, 1.165) is 0 Å². The Hall–Kier alpha value is -0.830. The van der Waals surface area contributed by atoms with Gasteiger partial charge in [0.15, 0.2) is 0 Å². The zero-order valence-corrected chi connectivity index (χ0v) is 9.13. The monoisotopic (exact) mass is 181 g/mol. The van der Waals surface area contributed by atoms with Gasteiger partial charge in [0.2, 0.25) is 0 Å².